The molecule has 3 rings (SSSR count). The molecule has 0 spiro atoms. The Labute approximate surface area is 154 Å². The molecule has 0 bridgehead atoms. The van der Waals surface area contributed by atoms with Gasteiger partial charge in [-0.05, 0) is 30.7 Å². The normalized spacial score (nSPS) is 33.8. The highest BCUT2D eigenvalue weighted by molar-refractivity contribution is 5.73. The summed E-state index contributed by atoms with van der Waals surface area (Å²) in [6.07, 6.45) is 1.59. The Hall–Kier alpha value is -1.92. The lowest BCUT2D eigenvalue weighted by atomic mass is 9.71. The van der Waals surface area contributed by atoms with Crippen molar-refractivity contribution in [3.8, 4) is 0 Å². The first kappa shape index (κ1) is 18.9. The maximum absolute atomic E-state index is 11.7. The van der Waals surface area contributed by atoms with Gasteiger partial charge < -0.3 is 19.5 Å². The van der Waals surface area contributed by atoms with Gasteiger partial charge in [0, 0.05) is 26.9 Å². The van der Waals surface area contributed by atoms with Gasteiger partial charge in [0.15, 0.2) is 6.29 Å². The van der Waals surface area contributed by atoms with E-state index in [1.165, 1.54) is 19.4 Å². The van der Waals surface area contributed by atoms with Crippen LogP contribution < -0.4 is 5.32 Å². The number of ether oxygens (including phenoxy) is 3. The number of rotatable bonds is 4. The minimum absolute atomic E-state index is 0.0149. The summed E-state index contributed by atoms with van der Waals surface area (Å²) in [5.41, 5.74) is 1.29. The van der Waals surface area contributed by atoms with Gasteiger partial charge in [0.05, 0.1) is 6.10 Å². The van der Waals surface area contributed by atoms with Crippen LogP contribution in [0.1, 0.15) is 44.6 Å². The quantitative estimate of drug-likeness (QED) is 0.834. The van der Waals surface area contributed by atoms with Gasteiger partial charge in [-0.25, -0.2) is 0 Å². The van der Waals surface area contributed by atoms with Crippen LogP contribution in [0.2, 0.25) is 0 Å². The summed E-state index contributed by atoms with van der Waals surface area (Å²) < 4.78 is 17.2. The third-order valence-electron chi connectivity index (χ3n) is 5.39. The summed E-state index contributed by atoms with van der Waals surface area (Å²) in [6.45, 7) is 2.84. The summed E-state index contributed by atoms with van der Waals surface area (Å²) in [7, 11) is 1.54. The number of carbonyl (C=O) groups excluding carboxylic acids is 2. The predicted octanol–water partition coefficient (Wildman–Crippen LogP) is 2.38. The minimum atomic E-state index is -0.627. The van der Waals surface area contributed by atoms with E-state index in [1.807, 2.05) is 18.2 Å². The molecule has 6 heteroatoms. The average molecular weight is 361 g/mol. The van der Waals surface area contributed by atoms with E-state index in [4.69, 9.17) is 14.2 Å². The maximum Gasteiger partial charge on any atom is 0.302 e. The first-order valence-corrected chi connectivity index (χ1v) is 9.17. The van der Waals surface area contributed by atoms with Crippen LogP contribution in [-0.4, -0.2) is 43.5 Å². The number of hydrogen-bond acceptors (Lipinski definition) is 5. The van der Waals surface area contributed by atoms with Crippen molar-refractivity contribution < 1.29 is 23.8 Å². The Kier molecular flexibility index (Phi) is 5.94. The SMILES string of the molecule is CO[C@H]1O[C@H]2CC[C@@H](c3ccccc3)C[C@@H]2[C@H](OC(C)=O)[C@@H]1NC(C)=O. The first-order valence-electron chi connectivity index (χ1n) is 9.17. The fraction of sp³-hybridized carbons (Fsp3) is 0.600. The second kappa shape index (κ2) is 8.18. The molecule has 0 unspecified atom stereocenters. The molecule has 1 aliphatic heterocycles. The van der Waals surface area contributed by atoms with Gasteiger partial charge in [0.1, 0.15) is 12.1 Å². The van der Waals surface area contributed by atoms with Crippen LogP contribution >= 0.6 is 0 Å². The molecular weight excluding hydrogens is 334 g/mol. The van der Waals surface area contributed by atoms with Crippen molar-refractivity contribution in [2.24, 2.45) is 5.92 Å². The molecule has 1 aromatic rings. The van der Waals surface area contributed by atoms with E-state index in [-0.39, 0.29) is 23.9 Å². The van der Waals surface area contributed by atoms with Gasteiger partial charge in [-0.1, -0.05) is 30.3 Å². The molecule has 142 valence electrons. The summed E-state index contributed by atoms with van der Waals surface area (Å²) in [5.74, 6) is -0.161. The van der Waals surface area contributed by atoms with E-state index < -0.39 is 18.4 Å². The van der Waals surface area contributed by atoms with E-state index in [9.17, 15) is 9.59 Å². The number of amides is 1. The van der Waals surface area contributed by atoms with Crippen LogP contribution in [0.4, 0.5) is 0 Å². The molecule has 1 N–H and O–H groups in total. The molecule has 1 saturated heterocycles. The van der Waals surface area contributed by atoms with Crippen molar-refractivity contribution >= 4 is 11.9 Å². The lowest BCUT2D eigenvalue weighted by molar-refractivity contribution is -0.254. The number of esters is 1. The van der Waals surface area contributed by atoms with Crippen LogP contribution in [0, 0.1) is 5.92 Å². The number of nitrogens with one attached hydrogen (secondary N) is 1. The molecule has 2 aliphatic rings. The molecule has 1 heterocycles. The van der Waals surface area contributed by atoms with Gasteiger partial charge in [-0.3, -0.25) is 9.59 Å². The molecule has 6 atom stereocenters. The van der Waals surface area contributed by atoms with Crippen LogP contribution in [0.15, 0.2) is 30.3 Å². The van der Waals surface area contributed by atoms with Crippen molar-refractivity contribution in [3.63, 3.8) is 0 Å². The monoisotopic (exact) mass is 361 g/mol. The zero-order valence-corrected chi connectivity index (χ0v) is 15.5. The fourth-order valence-corrected chi connectivity index (χ4v) is 4.34. The lowest BCUT2D eigenvalue weighted by Gasteiger charge is -2.49. The Bertz CT molecular complexity index is 634. The van der Waals surface area contributed by atoms with Gasteiger partial charge in [0.25, 0.3) is 0 Å². The summed E-state index contributed by atoms with van der Waals surface area (Å²) in [5, 5.41) is 2.86. The lowest BCUT2D eigenvalue weighted by Crippen LogP contribution is -2.63. The standard InChI is InChI=1S/C20H27NO5/c1-12(22)21-18-19(25-13(2)23)16-11-15(14-7-5-4-6-8-14)9-10-17(16)26-20(18)24-3/h4-8,15-20H,9-11H2,1-3H3,(H,21,22)/t15-,16+,17+,18+,19+,20+/m1/s1. The molecule has 2 fully saturated rings. The molecule has 0 aromatic heterocycles. The first-order chi connectivity index (χ1) is 12.5. The maximum atomic E-state index is 11.7. The van der Waals surface area contributed by atoms with E-state index in [0.29, 0.717) is 5.92 Å². The zero-order chi connectivity index (χ0) is 18.7. The summed E-state index contributed by atoms with van der Waals surface area (Å²) in [4.78, 5) is 23.4. The molecule has 6 nitrogen and oxygen atoms in total. The van der Waals surface area contributed by atoms with E-state index in [0.717, 1.165) is 19.3 Å². The van der Waals surface area contributed by atoms with Crippen molar-refractivity contribution in [1.29, 1.82) is 0 Å². The topological polar surface area (TPSA) is 73.9 Å². The number of fused-ring (bicyclic) bond motifs is 1. The van der Waals surface area contributed by atoms with E-state index in [2.05, 4.69) is 17.4 Å². The predicted molar refractivity (Wildman–Crippen MR) is 95.4 cm³/mol. The minimum Gasteiger partial charge on any atom is -0.460 e. The molecule has 26 heavy (non-hydrogen) atoms. The van der Waals surface area contributed by atoms with Crippen LogP contribution in [-0.2, 0) is 23.8 Å². The van der Waals surface area contributed by atoms with Gasteiger partial charge in [-0.15, -0.1) is 0 Å². The van der Waals surface area contributed by atoms with Crippen molar-refractivity contribution in [1.82, 2.24) is 5.32 Å². The Morgan fingerprint density at radius 2 is 1.88 bits per heavy atom. The van der Waals surface area contributed by atoms with Gasteiger partial charge in [-0.2, -0.15) is 0 Å². The number of benzene rings is 1. The van der Waals surface area contributed by atoms with Crippen molar-refractivity contribution in [2.45, 2.75) is 63.6 Å². The molecule has 1 aliphatic carbocycles. The van der Waals surface area contributed by atoms with Crippen LogP contribution in [0.25, 0.3) is 0 Å². The molecule has 1 aromatic carbocycles. The number of hydrogen-bond donors (Lipinski definition) is 1. The Balaban J connectivity index is 1.86. The van der Waals surface area contributed by atoms with Gasteiger partial charge >= 0.3 is 5.97 Å². The summed E-state index contributed by atoms with van der Waals surface area (Å²) >= 11 is 0. The smallest absolute Gasteiger partial charge is 0.302 e. The highest BCUT2D eigenvalue weighted by Gasteiger charge is 2.50. The Morgan fingerprint density at radius 3 is 2.50 bits per heavy atom. The number of methoxy groups -OCH3 is 1. The largest absolute Gasteiger partial charge is 0.460 e. The average Bonchev–Trinajstić information content (AvgIpc) is 2.63. The fourth-order valence-electron chi connectivity index (χ4n) is 4.34. The molecule has 1 saturated carbocycles. The molecule has 1 amide bonds. The Morgan fingerprint density at radius 1 is 1.15 bits per heavy atom. The van der Waals surface area contributed by atoms with Crippen molar-refractivity contribution in [3.05, 3.63) is 35.9 Å². The second-order valence-corrected chi connectivity index (χ2v) is 7.16. The third-order valence-corrected chi connectivity index (χ3v) is 5.39. The van der Waals surface area contributed by atoms with Gasteiger partial charge in [0.2, 0.25) is 5.91 Å². The summed E-state index contributed by atoms with van der Waals surface area (Å²) in [6, 6.07) is 9.86. The van der Waals surface area contributed by atoms with Crippen molar-refractivity contribution in [2.75, 3.05) is 7.11 Å². The van der Waals surface area contributed by atoms with Crippen LogP contribution in [0.3, 0.4) is 0 Å². The molecular formula is C20H27NO5. The van der Waals surface area contributed by atoms with E-state index in [1.54, 1.807) is 7.11 Å². The molecule has 0 radical (unpaired) electrons. The zero-order valence-electron chi connectivity index (χ0n) is 15.5. The third kappa shape index (κ3) is 4.07. The highest BCUT2D eigenvalue weighted by atomic mass is 16.7. The second-order valence-electron chi connectivity index (χ2n) is 7.16. The van der Waals surface area contributed by atoms with Crippen LogP contribution in [0.5, 0.6) is 0 Å². The van der Waals surface area contributed by atoms with E-state index >= 15 is 0 Å². The number of carbonyl (C=O) groups is 2. The highest BCUT2D eigenvalue weighted by Crippen LogP contribution is 2.44.